The Kier molecular flexibility index (Phi) is 22.3. The van der Waals surface area contributed by atoms with Crippen molar-refractivity contribution in [2.75, 3.05) is 0 Å². The van der Waals surface area contributed by atoms with Crippen LogP contribution < -0.4 is 34.4 Å². The highest BCUT2D eigenvalue weighted by Gasteiger charge is 1.95. The van der Waals surface area contributed by atoms with E-state index < -0.39 is 8.25 Å². The molecule has 1 saturated carbocycles. The molecule has 0 radical (unpaired) electrons. The van der Waals surface area contributed by atoms with Gasteiger partial charge in [-0.05, 0) is 0 Å². The first-order valence-corrected chi connectivity index (χ1v) is 6.85. The minimum atomic E-state index is -3.13. The Hall–Kier alpha value is -1.57. The van der Waals surface area contributed by atoms with Crippen LogP contribution in [0.5, 0.6) is 0 Å². The molecule has 1 fully saturated rings. The Balaban J connectivity index is -0.000000181. The summed E-state index contributed by atoms with van der Waals surface area (Å²) in [7, 11) is -3.13. The van der Waals surface area contributed by atoms with E-state index in [4.69, 9.17) is 48.8 Å². The van der Waals surface area contributed by atoms with Crippen molar-refractivity contribution < 1.29 is 14.4 Å². The van der Waals surface area contributed by atoms with Crippen molar-refractivity contribution in [3.05, 3.63) is 24.0 Å². The zero-order chi connectivity index (χ0) is 15.7. The van der Waals surface area contributed by atoms with Gasteiger partial charge in [0.05, 0.1) is 0 Å². The number of hydrogen-bond acceptors (Lipinski definition) is 7. The summed E-state index contributed by atoms with van der Waals surface area (Å²) in [6.07, 6.45) is 9.78. The standard InChI is InChI=1S/C5H10.2C2H7N3.H3O3P/c1-2-4-5-3-1;2*3-1-2(4)5;1-4(2)3/h1-5H2;2*1H,3-5H2;4H,(H2,1,2,3). The van der Waals surface area contributed by atoms with E-state index >= 15 is 0 Å². The van der Waals surface area contributed by atoms with Crippen LogP contribution in [0.15, 0.2) is 24.0 Å². The lowest BCUT2D eigenvalue weighted by molar-refractivity contribution is 0.405. The molecule has 19 heavy (non-hydrogen) atoms. The molecular formula is C9H27N6O3P. The highest BCUT2D eigenvalue weighted by Crippen LogP contribution is 2.15. The Morgan fingerprint density at radius 2 is 0.895 bits per heavy atom. The molecule has 1 rings (SSSR count). The van der Waals surface area contributed by atoms with Gasteiger partial charge >= 0.3 is 8.25 Å². The third kappa shape index (κ3) is 62.0. The van der Waals surface area contributed by atoms with Crippen LogP contribution in [0, 0.1) is 0 Å². The van der Waals surface area contributed by atoms with Crippen LogP contribution in [0.2, 0.25) is 0 Å². The number of nitrogens with two attached hydrogens (primary N) is 6. The highest BCUT2D eigenvalue weighted by molar-refractivity contribution is 7.30. The van der Waals surface area contributed by atoms with Gasteiger partial charge in [0, 0.05) is 12.4 Å². The van der Waals surface area contributed by atoms with Crippen molar-refractivity contribution in [1.29, 1.82) is 0 Å². The topological polar surface area (TPSA) is 214 Å². The van der Waals surface area contributed by atoms with E-state index in [1.54, 1.807) is 0 Å². The summed E-state index contributed by atoms with van der Waals surface area (Å²) in [5.41, 5.74) is 28.7. The van der Waals surface area contributed by atoms with E-state index in [-0.39, 0.29) is 11.6 Å². The van der Waals surface area contributed by atoms with Gasteiger partial charge in [-0.1, -0.05) is 32.1 Å². The Morgan fingerprint density at radius 1 is 0.789 bits per heavy atom. The molecule has 1 aliphatic carbocycles. The quantitative estimate of drug-likeness (QED) is 0.247. The van der Waals surface area contributed by atoms with E-state index in [2.05, 4.69) is 0 Å². The molecule has 14 N–H and O–H groups in total. The predicted octanol–water partition coefficient (Wildman–Crippen LogP) is -1.37. The summed E-state index contributed by atoms with van der Waals surface area (Å²) in [5.74, 6) is 0.315. The van der Waals surface area contributed by atoms with E-state index in [0.29, 0.717) is 0 Å². The van der Waals surface area contributed by atoms with Crippen LogP contribution in [-0.2, 0) is 4.57 Å². The van der Waals surface area contributed by atoms with Crippen molar-refractivity contribution in [3.63, 3.8) is 0 Å². The molecule has 0 heterocycles. The van der Waals surface area contributed by atoms with Crippen LogP contribution in [0.25, 0.3) is 0 Å². The summed E-state index contributed by atoms with van der Waals surface area (Å²) in [4.78, 5) is 14.3. The highest BCUT2D eigenvalue weighted by atomic mass is 31.1. The zero-order valence-corrected chi connectivity index (χ0v) is 12.0. The molecule has 0 atom stereocenters. The lowest BCUT2D eigenvalue weighted by Gasteiger charge is -1.78. The minimum Gasteiger partial charge on any atom is -0.402 e. The van der Waals surface area contributed by atoms with Crippen LogP contribution in [0.1, 0.15) is 32.1 Å². The average Bonchev–Trinajstić information content (AvgIpc) is 2.87. The molecule has 0 amide bonds. The summed E-state index contributed by atoms with van der Waals surface area (Å²) in [6.45, 7) is 0. The molecule has 0 unspecified atom stereocenters. The molecule has 0 aromatic rings. The van der Waals surface area contributed by atoms with Crippen LogP contribution in [-0.4, -0.2) is 9.79 Å². The Morgan fingerprint density at radius 3 is 0.947 bits per heavy atom. The molecule has 0 aromatic carbocycles. The maximum Gasteiger partial charge on any atom is 0.314 e. The first kappa shape index (κ1) is 22.6. The molecule has 116 valence electrons. The monoisotopic (exact) mass is 298 g/mol. The summed E-state index contributed by atoms with van der Waals surface area (Å²) < 4.78 is 8.74. The molecule has 0 bridgehead atoms. The van der Waals surface area contributed by atoms with Crippen LogP contribution >= 0.6 is 8.25 Å². The summed E-state index contributed by atoms with van der Waals surface area (Å²) in [5, 5.41) is 0. The molecule has 0 aliphatic heterocycles. The van der Waals surface area contributed by atoms with Crippen molar-refractivity contribution >= 4 is 8.25 Å². The molecule has 1 aliphatic rings. The zero-order valence-electron chi connectivity index (χ0n) is 11.0. The molecule has 10 heteroatoms. The van der Waals surface area contributed by atoms with Crippen molar-refractivity contribution in [2.24, 2.45) is 34.4 Å². The van der Waals surface area contributed by atoms with Gasteiger partial charge in [0.25, 0.3) is 0 Å². The largest absolute Gasteiger partial charge is 0.402 e. The first-order valence-electron chi connectivity index (χ1n) is 5.55. The normalized spacial score (nSPS) is 11.5. The van der Waals surface area contributed by atoms with Gasteiger partial charge in [0.2, 0.25) is 0 Å². The van der Waals surface area contributed by atoms with Gasteiger partial charge in [-0.3, -0.25) is 4.57 Å². The van der Waals surface area contributed by atoms with E-state index in [0.717, 1.165) is 12.4 Å². The van der Waals surface area contributed by atoms with Gasteiger partial charge in [0.15, 0.2) is 0 Å². The fourth-order valence-corrected chi connectivity index (χ4v) is 0.884. The average molecular weight is 298 g/mol. The molecule has 9 nitrogen and oxygen atoms in total. The maximum atomic E-state index is 8.74. The van der Waals surface area contributed by atoms with Gasteiger partial charge in [0.1, 0.15) is 11.6 Å². The van der Waals surface area contributed by atoms with Crippen LogP contribution in [0.3, 0.4) is 0 Å². The smallest absolute Gasteiger partial charge is 0.314 e. The predicted molar refractivity (Wildman–Crippen MR) is 77.8 cm³/mol. The van der Waals surface area contributed by atoms with E-state index in [1.165, 1.54) is 32.1 Å². The minimum absolute atomic E-state index is 0.157. The van der Waals surface area contributed by atoms with Gasteiger partial charge in [-0.2, -0.15) is 0 Å². The Labute approximate surface area is 114 Å². The fraction of sp³-hybridized carbons (Fsp3) is 0.556. The fourth-order valence-electron chi connectivity index (χ4n) is 0.884. The second kappa shape index (κ2) is 18.8. The summed E-state index contributed by atoms with van der Waals surface area (Å²) in [6, 6.07) is 0. The molecule has 0 aromatic heterocycles. The van der Waals surface area contributed by atoms with Crippen molar-refractivity contribution in [3.8, 4) is 0 Å². The van der Waals surface area contributed by atoms with E-state index in [1.807, 2.05) is 0 Å². The maximum absolute atomic E-state index is 8.74. The third-order valence-electron chi connectivity index (χ3n) is 1.63. The van der Waals surface area contributed by atoms with Crippen molar-refractivity contribution in [1.82, 2.24) is 0 Å². The Bertz CT molecular complexity index is 233. The van der Waals surface area contributed by atoms with Crippen LogP contribution in [0.4, 0.5) is 0 Å². The SMILES string of the molecule is C1CCCC1.NC=C(N)N.NC=C(N)N.O=[PH](O)O. The molecular weight excluding hydrogens is 271 g/mol. The third-order valence-corrected chi connectivity index (χ3v) is 1.63. The molecule has 0 saturated heterocycles. The van der Waals surface area contributed by atoms with Gasteiger partial charge in [-0.25, -0.2) is 0 Å². The van der Waals surface area contributed by atoms with E-state index in [9.17, 15) is 0 Å². The number of hydrogen-bond donors (Lipinski definition) is 8. The lowest BCUT2D eigenvalue weighted by atomic mass is 10.4. The van der Waals surface area contributed by atoms with Gasteiger partial charge in [-0.15, -0.1) is 0 Å². The van der Waals surface area contributed by atoms with Gasteiger partial charge < -0.3 is 44.2 Å². The summed E-state index contributed by atoms with van der Waals surface area (Å²) >= 11 is 0. The first-order chi connectivity index (χ1) is 8.77. The lowest BCUT2D eigenvalue weighted by Crippen LogP contribution is -2.09. The second-order valence-electron chi connectivity index (χ2n) is 3.38. The second-order valence-corrected chi connectivity index (χ2v) is 3.95. The molecule has 0 spiro atoms. The van der Waals surface area contributed by atoms with Crippen molar-refractivity contribution in [2.45, 2.75) is 32.1 Å². The number of rotatable bonds is 0.